The number of amides is 2. The van der Waals surface area contributed by atoms with Crippen molar-refractivity contribution in [3.63, 3.8) is 0 Å². The maximum Gasteiger partial charge on any atom is 0.224 e. The standard InChI is InChI=1S/C21H31N3O2/c1-5-7-19(25)24-17(10-14(2)3)13-23-20(26)11-16-12-22-18-9-6-8-15(4)21(16)18/h6,8-9,12,14,17,22H,5,7,10-11,13H2,1-4H3,(H,23,26)(H,24,25). The lowest BCUT2D eigenvalue weighted by molar-refractivity contribution is -0.123. The molecule has 0 aliphatic heterocycles. The Balaban J connectivity index is 1.95. The van der Waals surface area contributed by atoms with E-state index in [1.165, 1.54) is 0 Å². The number of hydrogen-bond acceptors (Lipinski definition) is 2. The first-order valence-electron chi connectivity index (χ1n) is 9.52. The predicted octanol–water partition coefficient (Wildman–Crippen LogP) is 3.47. The molecule has 2 rings (SSSR count). The van der Waals surface area contributed by atoms with Gasteiger partial charge < -0.3 is 15.6 Å². The van der Waals surface area contributed by atoms with Gasteiger partial charge in [-0.15, -0.1) is 0 Å². The largest absolute Gasteiger partial charge is 0.361 e. The molecule has 0 aliphatic carbocycles. The molecule has 1 unspecified atom stereocenters. The lowest BCUT2D eigenvalue weighted by atomic mass is 10.0. The highest BCUT2D eigenvalue weighted by Crippen LogP contribution is 2.22. The Labute approximate surface area is 155 Å². The average Bonchev–Trinajstić information content (AvgIpc) is 2.96. The number of carbonyl (C=O) groups is 2. The first kappa shape index (κ1) is 20.0. The molecule has 0 saturated carbocycles. The summed E-state index contributed by atoms with van der Waals surface area (Å²) in [5, 5.41) is 7.16. The van der Waals surface area contributed by atoms with Crippen molar-refractivity contribution in [2.24, 2.45) is 5.92 Å². The van der Waals surface area contributed by atoms with Gasteiger partial charge in [0, 0.05) is 36.1 Å². The van der Waals surface area contributed by atoms with Gasteiger partial charge in [0.15, 0.2) is 0 Å². The summed E-state index contributed by atoms with van der Waals surface area (Å²) in [6.45, 7) is 8.75. The van der Waals surface area contributed by atoms with E-state index in [1.807, 2.05) is 25.3 Å². The van der Waals surface area contributed by atoms with Gasteiger partial charge in [-0.05, 0) is 42.9 Å². The Kier molecular flexibility index (Phi) is 7.25. The van der Waals surface area contributed by atoms with Crippen molar-refractivity contribution >= 4 is 22.7 Å². The molecule has 0 saturated heterocycles. The molecule has 1 aromatic carbocycles. The molecule has 0 aliphatic rings. The van der Waals surface area contributed by atoms with Crippen LogP contribution in [0.4, 0.5) is 0 Å². The molecule has 26 heavy (non-hydrogen) atoms. The van der Waals surface area contributed by atoms with Gasteiger partial charge in [0.1, 0.15) is 0 Å². The number of fused-ring (bicyclic) bond motifs is 1. The number of benzene rings is 1. The van der Waals surface area contributed by atoms with Crippen molar-refractivity contribution in [1.82, 2.24) is 15.6 Å². The number of aromatic nitrogens is 1. The monoisotopic (exact) mass is 357 g/mol. The molecule has 5 nitrogen and oxygen atoms in total. The number of aryl methyl sites for hydroxylation is 1. The van der Waals surface area contributed by atoms with Crippen molar-refractivity contribution in [1.29, 1.82) is 0 Å². The molecule has 0 spiro atoms. The van der Waals surface area contributed by atoms with Crippen molar-refractivity contribution < 1.29 is 9.59 Å². The van der Waals surface area contributed by atoms with Crippen molar-refractivity contribution in [3.8, 4) is 0 Å². The summed E-state index contributed by atoms with van der Waals surface area (Å²) in [6, 6.07) is 6.06. The number of aromatic amines is 1. The van der Waals surface area contributed by atoms with Crippen LogP contribution in [0.3, 0.4) is 0 Å². The summed E-state index contributed by atoms with van der Waals surface area (Å²) >= 11 is 0. The van der Waals surface area contributed by atoms with Crippen LogP contribution in [0.2, 0.25) is 0 Å². The quantitative estimate of drug-likeness (QED) is 0.643. The van der Waals surface area contributed by atoms with Crippen molar-refractivity contribution in [2.75, 3.05) is 6.54 Å². The number of hydrogen-bond donors (Lipinski definition) is 3. The second-order valence-electron chi connectivity index (χ2n) is 7.44. The smallest absolute Gasteiger partial charge is 0.224 e. The third-order valence-electron chi connectivity index (χ3n) is 4.49. The maximum absolute atomic E-state index is 12.4. The van der Waals surface area contributed by atoms with Gasteiger partial charge in [0.25, 0.3) is 0 Å². The Bertz CT molecular complexity index is 749. The van der Waals surface area contributed by atoms with Crippen LogP contribution in [0.1, 0.15) is 51.2 Å². The van der Waals surface area contributed by atoms with Gasteiger partial charge in [0.05, 0.1) is 6.42 Å². The summed E-state index contributed by atoms with van der Waals surface area (Å²) in [5.41, 5.74) is 3.22. The molecule has 142 valence electrons. The van der Waals surface area contributed by atoms with Crippen LogP contribution in [-0.4, -0.2) is 29.4 Å². The minimum atomic E-state index is -0.0253. The normalized spacial score (nSPS) is 12.3. The summed E-state index contributed by atoms with van der Waals surface area (Å²) < 4.78 is 0. The molecule has 5 heteroatoms. The maximum atomic E-state index is 12.4. The number of carbonyl (C=O) groups excluding carboxylic acids is 2. The van der Waals surface area contributed by atoms with E-state index in [-0.39, 0.29) is 17.9 Å². The second kappa shape index (κ2) is 9.41. The molecule has 0 radical (unpaired) electrons. The third kappa shape index (κ3) is 5.61. The Hall–Kier alpha value is -2.30. The molecule has 0 bridgehead atoms. The number of rotatable bonds is 9. The van der Waals surface area contributed by atoms with Crippen molar-refractivity contribution in [2.45, 2.75) is 59.4 Å². The molecule has 1 heterocycles. The van der Waals surface area contributed by atoms with E-state index in [4.69, 9.17) is 0 Å². The molecule has 2 amide bonds. The van der Waals surface area contributed by atoms with E-state index in [2.05, 4.69) is 42.5 Å². The minimum absolute atomic E-state index is 0.0207. The summed E-state index contributed by atoms with van der Waals surface area (Å²) in [5.74, 6) is 0.488. The van der Waals surface area contributed by atoms with Gasteiger partial charge in [0.2, 0.25) is 11.8 Å². The van der Waals surface area contributed by atoms with Gasteiger partial charge in [-0.1, -0.05) is 32.9 Å². The Morgan fingerprint density at radius 1 is 1.19 bits per heavy atom. The molecule has 2 aromatic rings. The predicted molar refractivity (Wildman–Crippen MR) is 106 cm³/mol. The lowest BCUT2D eigenvalue weighted by Gasteiger charge is -2.21. The van der Waals surface area contributed by atoms with Gasteiger partial charge >= 0.3 is 0 Å². The first-order valence-corrected chi connectivity index (χ1v) is 9.52. The number of nitrogens with one attached hydrogen (secondary N) is 3. The SMILES string of the molecule is CCCC(=O)NC(CNC(=O)Cc1c[nH]c2cccc(C)c12)CC(C)C. The zero-order chi connectivity index (χ0) is 19.1. The van der Waals surface area contributed by atoms with Crippen LogP contribution in [-0.2, 0) is 16.0 Å². The average molecular weight is 357 g/mol. The highest BCUT2D eigenvalue weighted by atomic mass is 16.2. The van der Waals surface area contributed by atoms with E-state index in [0.29, 0.717) is 25.3 Å². The van der Waals surface area contributed by atoms with E-state index < -0.39 is 0 Å². The van der Waals surface area contributed by atoms with E-state index in [1.54, 1.807) is 0 Å². The fraction of sp³-hybridized carbons (Fsp3) is 0.524. The first-order chi connectivity index (χ1) is 12.4. The van der Waals surface area contributed by atoms with Crippen LogP contribution >= 0.6 is 0 Å². The molecule has 1 atom stereocenters. The minimum Gasteiger partial charge on any atom is -0.361 e. The molecule has 1 aromatic heterocycles. The third-order valence-corrected chi connectivity index (χ3v) is 4.49. The van der Waals surface area contributed by atoms with E-state index >= 15 is 0 Å². The van der Waals surface area contributed by atoms with Crippen LogP contribution < -0.4 is 10.6 Å². The molecule has 0 fully saturated rings. The highest BCUT2D eigenvalue weighted by molar-refractivity contribution is 5.91. The van der Waals surface area contributed by atoms with Crippen LogP contribution in [0.15, 0.2) is 24.4 Å². The van der Waals surface area contributed by atoms with Crippen molar-refractivity contribution in [3.05, 3.63) is 35.5 Å². The summed E-state index contributed by atoms with van der Waals surface area (Å²) in [4.78, 5) is 27.5. The number of H-pyrrole nitrogens is 1. The molecular weight excluding hydrogens is 326 g/mol. The lowest BCUT2D eigenvalue weighted by Crippen LogP contribution is -2.44. The van der Waals surface area contributed by atoms with Crippen LogP contribution in [0.25, 0.3) is 10.9 Å². The fourth-order valence-electron chi connectivity index (χ4n) is 3.35. The highest BCUT2D eigenvalue weighted by Gasteiger charge is 2.16. The zero-order valence-corrected chi connectivity index (χ0v) is 16.3. The summed E-state index contributed by atoms with van der Waals surface area (Å²) in [7, 11) is 0. The van der Waals surface area contributed by atoms with E-state index in [0.717, 1.165) is 34.9 Å². The summed E-state index contributed by atoms with van der Waals surface area (Å²) in [6.07, 6.45) is 4.44. The van der Waals surface area contributed by atoms with Gasteiger partial charge in [-0.2, -0.15) is 0 Å². The zero-order valence-electron chi connectivity index (χ0n) is 16.3. The fourth-order valence-corrected chi connectivity index (χ4v) is 3.35. The topological polar surface area (TPSA) is 74.0 Å². The Morgan fingerprint density at radius 3 is 2.65 bits per heavy atom. The van der Waals surface area contributed by atoms with Gasteiger partial charge in [-0.25, -0.2) is 0 Å². The van der Waals surface area contributed by atoms with Crippen LogP contribution in [0, 0.1) is 12.8 Å². The van der Waals surface area contributed by atoms with Gasteiger partial charge in [-0.3, -0.25) is 9.59 Å². The second-order valence-corrected chi connectivity index (χ2v) is 7.44. The molecule has 3 N–H and O–H groups in total. The van der Waals surface area contributed by atoms with Crippen LogP contribution in [0.5, 0.6) is 0 Å². The Morgan fingerprint density at radius 2 is 1.96 bits per heavy atom. The van der Waals surface area contributed by atoms with E-state index in [9.17, 15) is 9.59 Å². The molecular formula is C21H31N3O2.